The van der Waals surface area contributed by atoms with Gasteiger partial charge < -0.3 is 5.32 Å². The van der Waals surface area contributed by atoms with Crippen molar-refractivity contribution in [1.82, 2.24) is 5.32 Å². The van der Waals surface area contributed by atoms with Gasteiger partial charge in [0.05, 0.1) is 0 Å². The lowest BCUT2D eigenvalue weighted by atomic mass is 10.00. The van der Waals surface area contributed by atoms with Crippen LogP contribution in [0, 0.1) is 11.3 Å². The monoisotopic (exact) mass is 155 g/mol. The minimum atomic E-state index is 0.223. The van der Waals surface area contributed by atoms with Crippen LogP contribution >= 0.6 is 0 Å². The van der Waals surface area contributed by atoms with Crippen LogP contribution in [-0.4, -0.2) is 13.0 Å². The summed E-state index contributed by atoms with van der Waals surface area (Å²) in [6, 6.07) is 0. The molecule has 1 aliphatic carbocycles. The summed E-state index contributed by atoms with van der Waals surface area (Å²) in [5.41, 5.74) is 0.328. The van der Waals surface area contributed by atoms with Crippen LogP contribution in [0.3, 0.4) is 0 Å². The minimum Gasteiger partial charge on any atom is -0.359 e. The Morgan fingerprint density at radius 3 is 2.82 bits per heavy atom. The number of rotatable bonds is 3. The molecule has 1 fully saturated rings. The van der Waals surface area contributed by atoms with Gasteiger partial charge in [0, 0.05) is 13.0 Å². The van der Waals surface area contributed by atoms with Gasteiger partial charge >= 0.3 is 0 Å². The summed E-state index contributed by atoms with van der Waals surface area (Å²) in [6.45, 7) is 4.38. The SMILES string of the molecule is CCCC1(C)CC1C(=O)NC. The van der Waals surface area contributed by atoms with Crippen LogP contribution in [0.4, 0.5) is 0 Å². The van der Waals surface area contributed by atoms with Crippen molar-refractivity contribution < 1.29 is 4.79 Å². The second kappa shape index (κ2) is 2.84. The minimum absolute atomic E-state index is 0.223. The van der Waals surface area contributed by atoms with Gasteiger partial charge in [0.25, 0.3) is 0 Å². The van der Waals surface area contributed by atoms with E-state index in [1.807, 2.05) is 0 Å². The lowest BCUT2D eigenvalue weighted by Gasteiger charge is -2.07. The summed E-state index contributed by atoms with van der Waals surface area (Å²) in [7, 11) is 1.72. The zero-order chi connectivity index (χ0) is 8.48. The van der Waals surface area contributed by atoms with Crippen LogP contribution < -0.4 is 5.32 Å². The van der Waals surface area contributed by atoms with E-state index < -0.39 is 0 Å². The lowest BCUT2D eigenvalue weighted by molar-refractivity contribution is -0.122. The summed E-state index contributed by atoms with van der Waals surface area (Å²) < 4.78 is 0. The molecule has 2 heteroatoms. The molecule has 0 aliphatic heterocycles. The first-order chi connectivity index (χ1) is 5.14. The molecule has 0 spiro atoms. The number of carbonyl (C=O) groups excluding carboxylic acids is 1. The molecule has 2 atom stereocenters. The predicted molar refractivity (Wildman–Crippen MR) is 45.2 cm³/mol. The van der Waals surface area contributed by atoms with Gasteiger partial charge in [-0.05, 0) is 18.3 Å². The van der Waals surface area contributed by atoms with Crippen LogP contribution in [-0.2, 0) is 4.79 Å². The summed E-state index contributed by atoms with van der Waals surface area (Å²) in [4.78, 5) is 11.2. The fourth-order valence-corrected chi connectivity index (χ4v) is 1.84. The third kappa shape index (κ3) is 1.55. The molecule has 0 aromatic rings. The Kier molecular flexibility index (Phi) is 2.21. The molecular formula is C9H17NO. The molecule has 0 aromatic heterocycles. The Morgan fingerprint density at radius 1 is 1.73 bits per heavy atom. The first-order valence-corrected chi connectivity index (χ1v) is 4.35. The van der Waals surface area contributed by atoms with Crippen molar-refractivity contribution in [2.24, 2.45) is 11.3 Å². The van der Waals surface area contributed by atoms with Crippen molar-refractivity contribution in [1.29, 1.82) is 0 Å². The third-order valence-electron chi connectivity index (χ3n) is 2.74. The molecule has 0 saturated heterocycles. The van der Waals surface area contributed by atoms with E-state index in [4.69, 9.17) is 0 Å². The first kappa shape index (κ1) is 8.57. The standard InChI is InChI=1S/C9H17NO/c1-4-5-9(2)6-7(9)8(11)10-3/h7H,4-6H2,1-3H3,(H,10,11). The number of carbonyl (C=O) groups is 1. The van der Waals surface area contributed by atoms with Crippen molar-refractivity contribution in [3.63, 3.8) is 0 Å². The molecule has 1 rings (SSSR count). The average Bonchev–Trinajstić information content (AvgIpc) is 2.62. The number of nitrogens with one attached hydrogen (secondary N) is 1. The van der Waals surface area contributed by atoms with E-state index in [1.54, 1.807) is 7.05 Å². The topological polar surface area (TPSA) is 29.1 Å². The Labute approximate surface area is 68.4 Å². The van der Waals surface area contributed by atoms with Crippen LogP contribution in [0.5, 0.6) is 0 Å². The van der Waals surface area contributed by atoms with Gasteiger partial charge in [-0.15, -0.1) is 0 Å². The number of amides is 1. The van der Waals surface area contributed by atoms with Crippen molar-refractivity contribution in [3.8, 4) is 0 Å². The molecule has 1 saturated carbocycles. The Morgan fingerprint density at radius 2 is 2.36 bits per heavy atom. The zero-order valence-corrected chi connectivity index (χ0v) is 7.61. The van der Waals surface area contributed by atoms with Gasteiger partial charge in [0.15, 0.2) is 0 Å². The van der Waals surface area contributed by atoms with Crippen molar-refractivity contribution in [3.05, 3.63) is 0 Å². The Bertz CT molecular complexity index is 167. The van der Waals surface area contributed by atoms with Gasteiger partial charge in [-0.25, -0.2) is 0 Å². The molecule has 11 heavy (non-hydrogen) atoms. The largest absolute Gasteiger partial charge is 0.359 e. The molecule has 1 amide bonds. The maximum Gasteiger partial charge on any atom is 0.223 e. The van der Waals surface area contributed by atoms with Gasteiger partial charge in [-0.1, -0.05) is 20.3 Å². The Balaban J connectivity index is 2.39. The second-order valence-electron chi connectivity index (χ2n) is 3.77. The lowest BCUT2D eigenvalue weighted by Crippen LogP contribution is -2.22. The highest BCUT2D eigenvalue weighted by molar-refractivity contribution is 5.82. The summed E-state index contributed by atoms with van der Waals surface area (Å²) >= 11 is 0. The smallest absolute Gasteiger partial charge is 0.223 e. The fraction of sp³-hybridized carbons (Fsp3) is 0.889. The van der Waals surface area contributed by atoms with Crippen LogP contribution in [0.25, 0.3) is 0 Å². The highest BCUT2D eigenvalue weighted by Gasteiger charge is 2.52. The van der Waals surface area contributed by atoms with Crippen LogP contribution in [0.2, 0.25) is 0 Å². The molecule has 64 valence electrons. The molecule has 0 heterocycles. The predicted octanol–water partition coefficient (Wildman–Crippen LogP) is 1.56. The van der Waals surface area contributed by atoms with E-state index in [0.29, 0.717) is 11.3 Å². The zero-order valence-electron chi connectivity index (χ0n) is 7.61. The van der Waals surface area contributed by atoms with Gasteiger partial charge in [-0.2, -0.15) is 0 Å². The van der Waals surface area contributed by atoms with E-state index >= 15 is 0 Å². The van der Waals surface area contributed by atoms with E-state index in [9.17, 15) is 4.79 Å². The summed E-state index contributed by atoms with van der Waals surface area (Å²) in [6.07, 6.45) is 3.45. The van der Waals surface area contributed by atoms with Crippen molar-refractivity contribution in [2.45, 2.75) is 33.1 Å². The molecule has 2 nitrogen and oxygen atoms in total. The number of hydrogen-bond acceptors (Lipinski definition) is 1. The van der Waals surface area contributed by atoms with Gasteiger partial charge in [0.2, 0.25) is 5.91 Å². The molecule has 0 aromatic carbocycles. The molecule has 0 radical (unpaired) electrons. The van der Waals surface area contributed by atoms with Crippen molar-refractivity contribution >= 4 is 5.91 Å². The van der Waals surface area contributed by atoms with E-state index in [0.717, 1.165) is 6.42 Å². The quantitative estimate of drug-likeness (QED) is 0.658. The van der Waals surface area contributed by atoms with E-state index in [1.165, 1.54) is 12.8 Å². The second-order valence-corrected chi connectivity index (χ2v) is 3.77. The normalized spacial score (nSPS) is 35.0. The molecule has 1 aliphatic rings. The Hall–Kier alpha value is -0.530. The highest BCUT2D eigenvalue weighted by atomic mass is 16.2. The fourth-order valence-electron chi connectivity index (χ4n) is 1.84. The van der Waals surface area contributed by atoms with Gasteiger partial charge in [-0.3, -0.25) is 4.79 Å². The maximum absolute atomic E-state index is 11.2. The first-order valence-electron chi connectivity index (χ1n) is 4.35. The molecular weight excluding hydrogens is 138 g/mol. The summed E-state index contributed by atoms with van der Waals surface area (Å²) in [5.74, 6) is 0.522. The third-order valence-corrected chi connectivity index (χ3v) is 2.74. The van der Waals surface area contributed by atoms with E-state index in [-0.39, 0.29) is 5.91 Å². The highest BCUT2D eigenvalue weighted by Crippen LogP contribution is 2.55. The molecule has 0 bridgehead atoms. The van der Waals surface area contributed by atoms with Gasteiger partial charge in [0.1, 0.15) is 0 Å². The summed E-state index contributed by atoms with van der Waals surface area (Å²) in [5, 5.41) is 2.70. The van der Waals surface area contributed by atoms with Crippen LogP contribution in [0.1, 0.15) is 33.1 Å². The number of hydrogen-bond donors (Lipinski definition) is 1. The molecule has 2 unspecified atom stereocenters. The maximum atomic E-state index is 11.2. The molecule has 1 N–H and O–H groups in total. The van der Waals surface area contributed by atoms with Crippen molar-refractivity contribution in [2.75, 3.05) is 7.05 Å². The van der Waals surface area contributed by atoms with E-state index in [2.05, 4.69) is 19.2 Å². The average molecular weight is 155 g/mol. The van der Waals surface area contributed by atoms with Crippen LogP contribution in [0.15, 0.2) is 0 Å².